The monoisotopic (exact) mass is 193 g/mol. The van der Waals surface area contributed by atoms with Gasteiger partial charge in [-0.25, -0.2) is 5.84 Å². The molecule has 0 bridgehead atoms. The van der Waals surface area contributed by atoms with E-state index in [1.165, 1.54) is 0 Å². The van der Waals surface area contributed by atoms with Gasteiger partial charge >= 0.3 is 0 Å². The molecule has 14 heavy (non-hydrogen) atoms. The molecule has 1 heterocycles. The van der Waals surface area contributed by atoms with E-state index in [1.54, 1.807) is 12.3 Å². The quantitative estimate of drug-likeness (QED) is 0.397. The van der Waals surface area contributed by atoms with Crippen molar-refractivity contribution in [2.75, 3.05) is 0 Å². The number of nitrogens with zero attached hydrogens (tertiary/aromatic N) is 1. The van der Waals surface area contributed by atoms with E-state index >= 15 is 0 Å². The van der Waals surface area contributed by atoms with Gasteiger partial charge in [-0.1, -0.05) is 26.8 Å². The zero-order valence-corrected chi connectivity index (χ0v) is 8.66. The summed E-state index contributed by atoms with van der Waals surface area (Å²) in [6, 6.07) is 3.56. The molecule has 0 spiro atoms. The van der Waals surface area contributed by atoms with Crippen molar-refractivity contribution in [2.45, 2.75) is 26.2 Å². The zero-order valence-electron chi connectivity index (χ0n) is 8.66. The molecule has 0 saturated heterocycles. The molecule has 0 fully saturated rings. The molecule has 4 heteroatoms. The number of hydrogen-bond acceptors (Lipinski definition) is 3. The number of aromatic nitrogens is 1. The summed E-state index contributed by atoms with van der Waals surface area (Å²) in [6.07, 6.45) is 1.70. The number of carbonyl (C=O) groups excluding carboxylic acids is 1. The maximum Gasteiger partial charge on any atom is 0.283 e. The third-order valence-electron chi connectivity index (χ3n) is 1.99. The molecule has 1 aromatic heterocycles. The van der Waals surface area contributed by atoms with E-state index in [-0.39, 0.29) is 11.3 Å². The maximum atomic E-state index is 11.1. The lowest BCUT2D eigenvalue weighted by atomic mass is 9.88. The van der Waals surface area contributed by atoms with E-state index in [0.29, 0.717) is 5.69 Å². The Kier molecular flexibility index (Phi) is 2.86. The SMILES string of the molecule is CC(C)(C)c1ccc(C(=O)NN)nc1. The van der Waals surface area contributed by atoms with E-state index in [4.69, 9.17) is 5.84 Å². The average molecular weight is 193 g/mol. The van der Waals surface area contributed by atoms with E-state index < -0.39 is 0 Å². The second kappa shape index (κ2) is 3.75. The molecular formula is C10H15N3O. The fraction of sp³-hybridized carbons (Fsp3) is 0.400. The Hall–Kier alpha value is -1.42. The molecule has 76 valence electrons. The summed E-state index contributed by atoms with van der Waals surface area (Å²) < 4.78 is 0. The van der Waals surface area contributed by atoms with Gasteiger partial charge in [0.1, 0.15) is 5.69 Å². The van der Waals surface area contributed by atoms with Gasteiger partial charge in [-0.05, 0) is 17.0 Å². The van der Waals surface area contributed by atoms with Gasteiger partial charge in [0.15, 0.2) is 0 Å². The van der Waals surface area contributed by atoms with Gasteiger partial charge in [0.25, 0.3) is 5.91 Å². The van der Waals surface area contributed by atoms with E-state index in [2.05, 4.69) is 25.8 Å². The highest BCUT2D eigenvalue weighted by molar-refractivity contribution is 5.91. The summed E-state index contributed by atoms with van der Waals surface area (Å²) in [4.78, 5) is 15.1. The van der Waals surface area contributed by atoms with Crippen molar-refractivity contribution in [2.24, 2.45) is 5.84 Å². The second-order valence-corrected chi connectivity index (χ2v) is 4.16. The number of hydrazine groups is 1. The van der Waals surface area contributed by atoms with Crippen LogP contribution in [-0.2, 0) is 5.41 Å². The van der Waals surface area contributed by atoms with Gasteiger partial charge in [0.2, 0.25) is 0 Å². The Morgan fingerprint density at radius 2 is 2.07 bits per heavy atom. The highest BCUT2D eigenvalue weighted by Gasteiger charge is 2.14. The van der Waals surface area contributed by atoms with Gasteiger partial charge in [-0.15, -0.1) is 0 Å². The summed E-state index contributed by atoms with van der Waals surface area (Å²) in [7, 11) is 0. The van der Waals surface area contributed by atoms with Gasteiger partial charge in [-0.3, -0.25) is 15.2 Å². The van der Waals surface area contributed by atoms with Gasteiger partial charge < -0.3 is 0 Å². The van der Waals surface area contributed by atoms with Gasteiger partial charge in [0, 0.05) is 6.20 Å². The molecule has 1 rings (SSSR count). The Morgan fingerprint density at radius 1 is 1.43 bits per heavy atom. The fourth-order valence-electron chi connectivity index (χ4n) is 1.05. The van der Waals surface area contributed by atoms with Crippen LogP contribution >= 0.6 is 0 Å². The number of carbonyl (C=O) groups is 1. The third-order valence-corrected chi connectivity index (χ3v) is 1.99. The van der Waals surface area contributed by atoms with Crippen molar-refractivity contribution in [1.29, 1.82) is 0 Å². The summed E-state index contributed by atoms with van der Waals surface area (Å²) in [5.74, 6) is 4.62. The van der Waals surface area contributed by atoms with Crippen LogP contribution in [0.3, 0.4) is 0 Å². The number of nitrogens with two attached hydrogens (primary N) is 1. The first-order valence-corrected chi connectivity index (χ1v) is 4.42. The molecule has 3 N–H and O–H groups in total. The first-order chi connectivity index (χ1) is 6.45. The van der Waals surface area contributed by atoms with Crippen molar-refractivity contribution in [1.82, 2.24) is 10.4 Å². The first kappa shape index (κ1) is 10.7. The molecule has 0 atom stereocenters. The lowest BCUT2D eigenvalue weighted by Gasteiger charge is -2.18. The Morgan fingerprint density at radius 3 is 2.43 bits per heavy atom. The fourth-order valence-corrected chi connectivity index (χ4v) is 1.05. The van der Waals surface area contributed by atoms with Crippen LogP contribution in [0.15, 0.2) is 18.3 Å². The number of hydrogen-bond donors (Lipinski definition) is 2. The molecule has 0 aliphatic heterocycles. The topological polar surface area (TPSA) is 68.0 Å². The second-order valence-electron chi connectivity index (χ2n) is 4.16. The molecule has 0 unspecified atom stereocenters. The van der Waals surface area contributed by atoms with E-state index in [0.717, 1.165) is 5.56 Å². The van der Waals surface area contributed by atoms with Crippen molar-refractivity contribution in [3.8, 4) is 0 Å². The number of pyridine rings is 1. The largest absolute Gasteiger partial charge is 0.289 e. The van der Waals surface area contributed by atoms with Gasteiger partial charge in [0.05, 0.1) is 0 Å². The van der Waals surface area contributed by atoms with Crippen LogP contribution in [0.4, 0.5) is 0 Å². The molecule has 0 aromatic carbocycles. The minimum atomic E-state index is -0.370. The number of amides is 1. The summed E-state index contributed by atoms with van der Waals surface area (Å²) in [5.41, 5.74) is 3.51. The third kappa shape index (κ3) is 2.29. The van der Waals surface area contributed by atoms with Crippen molar-refractivity contribution < 1.29 is 4.79 Å². The van der Waals surface area contributed by atoms with Crippen LogP contribution in [-0.4, -0.2) is 10.9 Å². The predicted molar refractivity (Wildman–Crippen MR) is 54.6 cm³/mol. The molecular weight excluding hydrogens is 178 g/mol. The van der Waals surface area contributed by atoms with Crippen LogP contribution in [0.5, 0.6) is 0 Å². The number of rotatable bonds is 1. The minimum absolute atomic E-state index is 0.0464. The van der Waals surface area contributed by atoms with Crippen LogP contribution in [0.1, 0.15) is 36.8 Å². The average Bonchev–Trinajstić information content (AvgIpc) is 2.15. The standard InChI is InChI=1S/C10H15N3O/c1-10(2,3)7-4-5-8(12-6-7)9(14)13-11/h4-6H,11H2,1-3H3,(H,13,14). The number of nitrogens with one attached hydrogen (secondary N) is 1. The normalized spacial score (nSPS) is 11.1. The Labute approximate surface area is 83.5 Å². The zero-order chi connectivity index (χ0) is 10.8. The Balaban J connectivity index is 2.95. The molecule has 0 radical (unpaired) electrons. The maximum absolute atomic E-state index is 11.1. The van der Waals surface area contributed by atoms with Crippen molar-refractivity contribution in [3.05, 3.63) is 29.6 Å². The summed E-state index contributed by atoms with van der Waals surface area (Å²) >= 11 is 0. The first-order valence-electron chi connectivity index (χ1n) is 4.42. The van der Waals surface area contributed by atoms with Crippen molar-refractivity contribution in [3.63, 3.8) is 0 Å². The van der Waals surface area contributed by atoms with E-state index in [9.17, 15) is 4.79 Å². The molecule has 1 amide bonds. The highest BCUT2D eigenvalue weighted by Crippen LogP contribution is 2.20. The van der Waals surface area contributed by atoms with Gasteiger partial charge in [-0.2, -0.15) is 0 Å². The summed E-state index contributed by atoms with van der Waals surface area (Å²) in [6.45, 7) is 6.27. The molecule has 1 aromatic rings. The van der Waals surface area contributed by atoms with Crippen LogP contribution in [0, 0.1) is 0 Å². The molecule has 0 saturated carbocycles. The molecule has 4 nitrogen and oxygen atoms in total. The number of nitrogen functional groups attached to an aromatic ring is 1. The predicted octanol–water partition coefficient (Wildman–Crippen LogP) is 0.983. The van der Waals surface area contributed by atoms with Crippen LogP contribution < -0.4 is 11.3 Å². The molecule has 0 aliphatic rings. The molecule has 0 aliphatic carbocycles. The van der Waals surface area contributed by atoms with Crippen molar-refractivity contribution >= 4 is 5.91 Å². The lowest BCUT2D eigenvalue weighted by molar-refractivity contribution is 0.0948. The van der Waals surface area contributed by atoms with Crippen LogP contribution in [0.25, 0.3) is 0 Å². The van der Waals surface area contributed by atoms with E-state index in [1.807, 2.05) is 11.5 Å². The Bertz CT molecular complexity index is 324. The minimum Gasteiger partial charge on any atom is -0.289 e. The highest BCUT2D eigenvalue weighted by atomic mass is 16.2. The van der Waals surface area contributed by atoms with Crippen LogP contribution in [0.2, 0.25) is 0 Å². The summed E-state index contributed by atoms with van der Waals surface area (Å²) in [5, 5.41) is 0. The lowest BCUT2D eigenvalue weighted by Crippen LogP contribution is -2.30. The smallest absolute Gasteiger partial charge is 0.283 e.